The van der Waals surface area contributed by atoms with Gasteiger partial charge in [0.1, 0.15) is 0 Å². The number of rotatable bonds is 4. The van der Waals surface area contributed by atoms with E-state index in [0.717, 1.165) is 0 Å². The van der Waals surface area contributed by atoms with Gasteiger partial charge in [0.15, 0.2) is 0 Å². The van der Waals surface area contributed by atoms with Gasteiger partial charge in [0, 0.05) is 18.3 Å². The number of aliphatic carboxylic acids is 1. The Morgan fingerprint density at radius 1 is 1.92 bits per heavy atom. The molecule has 0 aliphatic carbocycles. The number of aromatic amines is 1. The zero-order valence-electron chi connectivity index (χ0n) is 6.15. The van der Waals surface area contributed by atoms with E-state index < -0.39 is 12.0 Å². The van der Waals surface area contributed by atoms with Crippen molar-refractivity contribution in [3.05, 3.63) is 23.4 Å². The second-order valence-corrected chi connectivity index (χ2v) is 2.29. The Bertz CT molecular complexity index is 247. The Morgan fingerprint density at radius 2 is 2.67 bits per heavy atom. The second-order valence-electron chi connectivity index (χ2n) is 2.29. The molecule has 1 aromatic heterocycles. The van der Waals surface area contributed by atoms with E-state index in [1.54, 1.807) is 0 Å². The summed E-state index contributed by atoms with van der Waals surface area (Å²) in [4.78, 5) is 16.8. The van der Waals surface area contributed by atoms with Gasteiger partial charge in [0.2, 0.25) is 0 Å². The lowest BCUT2D eigenvalue weighted by Gasteiger charge is -2.16. The number of hydrogen-bond acceptors (Lipinski definition) is 4. The smallest absolute Gasteiger partial charge is 0.320 e. The quantitative estimate of drug-likeness (QED) is 0.528. The van der Waals surface area contributed by atoms with Crippen molar-refractivity contribution in [1.82, 2.24) is 15.4 Å². The zero-order chi connectivity index (χ0) is 8.97. The monoisotopic (exact) mass is 170 g/mol. The van der Waals surface area contributed by atoms with Gasteiger partial charge in [0.25, 0.3) is 0 Å². The van der Waals surface area contributed by atoms with Crippen molar-refractivity contribution in [3.8, 4) is 0 Å². The number of nitrogens with zero attached hydrogens (tertiary/aromatic N) is 1. The summed E-state index contributed by atoms with van der Waals surface area (Å²) in [7, 11) is 0. The van der Waals surface area contributed by atoms with E-state index in [4.69, 9.17) is 5.11 Å². The van der Waals surface area contributed by atoms with Crippen LogP contribution < -0.4 is 5.48 Å². The first kappa shape index (κ1) is 8.69. The fourth-order valence-corrected chi connectivity index (χ4v) is 0.796. The molecule has 0 unspecified atom stereocenters. The van der Waals surface area contributed by atoms with Crippen molar-refractivity contribution in [2.45, 2.75) is 12.5 Å². The summed E-state index contributed by atoms with van der Waals surface area (Å²) >= 11 is 0. The zero-order valence-corrected chi connectivity index (χ0v) is 6.15. The maximum atomic E-state index is 10.4. The highest BCUT2D eigenvalue weighted by Crippen LogP contribution is 1.97. The minimum Gasteiger partial charge on any atom is -0.787 e. The van der Waals surface area contributed by atoms with Crippen LogP contribution in [0.1, 0.15) is 5.69 Å². The van der Waals surface area contributed by atoms with Gasteiger partial charge in [-0.15, -0.1) is 0 Å². The van der Waals surface area contributed by atoms with Gasteiger partial charge >= 0.3 is 5.97 Å². The molecule has 0 radical (unpaired) electrons. The van der Waals surface area contributed by atoms with Gasteiger partial charge in [0.05, 0.1) is 12.4 Å². The molecule has 1 rings (SSSR count). The lowest BCUT2D eigenvalue weighted by atomic mass is 10.2. The highest BCUT2D eigenvalue weighted by Gasteiger charge is 2.13. The fraction of sp³-hybridized carbons (Fsp3) is 0.333. The van der Waals surface area contributed by atoms with Crippen LogP contribution in [0, 0.1) is 5.21 Å². The van der Waals surface area contributed by atoms with E-state index in [0.29, 0.717) is 5.69 Å². The molecule has 0 saturated heterocycles. The number of aromatic nitrogens is 2. The molecule has 0 bridgehead atoms. The number of imidazole rings is 1. The van der Waals surface area contributed by atoms with Crippen molar-refractivity contribution in [2.75, 3.05) is 0 Å². The Labute approximate surface area is 68.2 Å². The third-order valence-electron chi connectivity index (χ3n) is 1.42. The van der Waals surface area contributed by atoms with Gasteiger partial charge < -0.3 is 20.8 Å². The molecule has 6 nitrogen and oxygen atoms in total. The summed E-state index contributed by atoms with van der Waals surface area (Å²) in [5, 5.41) is 18.6. The van der Waals surface area contributed by atoms with E-state index in [2.05, 4.69) is 9.97 Å². The Kier molecular flexibility index (Phi) is 2.78. The number of nitrogens with one attached hydrogen (secondary N) is 2. The first-order chi connectivity index (χ1) is 5.74. The van der Waals surface area contributed by atoms with Crippen LogP contribution in [-0.2, 0) is 11.2 Å². The molecule has 12 heavy (non-hydrogen) atoms. The lowest BCUT2D eigenvalue weighted by Crippen LogP contribution is -2.34. The van der Waals surface area contributed by atoms with E-state index >= 15 is 0 Å². The largest absolute Gasteiger partial charge is 0.787 e. The summed E-state index contributed by atoms with van der Waals surface area (Å²) < 4.78 is 0. The number of carboxylic acids is 1. The first-order valence-electron chi connectivity index (χ1n) is 3.31. The van der Waals surface area contributed by atoms with Crippen LogP contribution in [0.15, 0.2) is 12.5 Å². The maximum absolute atomic E-state index is 10.4. The molecule has 3 N–H and O–H groups in total. The molecule has 0 spiro atoms. The third-order valence-corrected chi connectivity index (χ3v) is 1.42. The third kappa shape index (κ3) is 2.04. The number of H-pyrrole nitrogens is 1. The van der Waals surface area contributed by atoms with Gasteiger partial charge in [-0.1, -0.05) is 0 Å². The average molecular weight is 170 g/mol. The standard InChI is InChI=1S/C6H8N3O3/c10-6(11)5(9-12)1-4-2-7-3-8-4/h2-3,5,9H,1H2,(H,7,8)(H,10,11)/q-1/t5-/m0/s1. The number of hydrogen-bond donors (Lipinski definition) is 3. The molecule has 6 heteroatoms. The number of carbonyl (C=O) groups is 1. The van der Waals surface area contributed by atoms with Crippen LogP contribution in [0.5, 0.6) is 0 Å². The number of hydroxylamine groups is 1. The van der Waals surface area contributed by atoms with Crippen LogP contribution in [-0.4, -0.2) is 27.1 Å². The molecule has 66 valence electrons. The Balaban J connectivity index is 2.54. The molecule has 0 aromatic carbocycles. The van der Waals surface area contributed by atoms with Crippen LogP contribution in [0.25, 0.3) is 0 Å². The number of carboxylic acid groups (broad SMARTS) is 1. The molecule has 0 amide bonds. The normalized spacial score (nSPS) is 12.8. The molecular weight excluding hydrogens is 162 g/mol. The summed E-state index contributed by atoms with van der Waals surface area (Å²) in [5.41, 5.74) is 2.06. The highest BCUT2D eigenvalue weighted by atomic mass is 16.5. The second kappa shape index (κ2) is 3.84. The van der Waals surface area contributed by atoms with Crippen molar-refractivity contribution in [1.29, 1.82) is 0 Å². The molecule has 1 heterocycles. The van der Waals surface area contributed by atoms with Gasteiger partial charge in [-0.25, -0.2) is 4.98 Å². The summed E-state index contributed by atoms with van der Waals surface area (Å²) in [6.07, 6.45) is 3.02. The topological polar surface area (TPSA) is 101 Å². The van der Waals surface area contributed by atoms with Gasteiger partial charge in [-0.3, -0.25) is 4.79 Å². The van der Waals surface area contributed by atoms with Crippen molar-refractivity contribution >= 4 is 5.97 Å². The summed E-state index contributed by atoms with van der Waals surface area (Å²) in [6, 6.07) is -1.11. The SMILES string of the molecule is O=C(O)[C@H](Cc1cnc[nH]1)N[O-]. The van der Waals surface area contributed by atoms with Crippen LogP contribution in [0.3, 0.4) is 0 Å². The first-order valence-corrected chi connectivity index (χ1v) is 3.31. The minimum atomic E-state index is -1.17. The molecule has 0 aliphatic heterocycles. The van der Waals surface area contributed by atoms with Crippen molar-refractivity contribution in [2.24, 2.45) is 0 Å². The van der Waals surface area contributed by atoms with Gasteiger partial charge in [-0.2, -0.15) is 0 Å². The average Bonchev–Trinajstić information content (AvgIpc) is 2.51. The van der Waals surface area contributed by atoms with Crippen LogP contribution in [0.4, 0.5) is 0 Å². The van der Waals surface area contributed by atoms with E-state index in [1.165, 1.54) is 18.0 Å². The highest BCUT2D eigenvalue weighted by molar-refractivity contribution is 5.73. The van der Waals surface area contributed by atoms with Crippen LogP contribution in [0.2, 0.25) is 0 Å². The predicted octanol–water partition coefficient (Wildman–Crippen LogP) is -0.507. The molecule has 1 atom stereocenters. The van der Waals surface area contributed by atoms with Crippen molar-refractivity contribution in [3.63, 3.8) is 0 Å². The molecule has 0 saturated carbocycles. The van der Waals surface area contributed by atoms with E-state index in [9.17, 15) is 10.0 Å². The van der Waals surface area contributed by atoms with Crippen LogP contribution >= 0.6 is 0 Å². The molecule has 0 fully saturated rings. The predicted molar refractivity (Wildman–Crippen MR) is 40.2 cm³/mol. The Morgan fingerprint density at radius 3 is 3.08 bits per heavy atom. The summed E-state index contributed by atoms with van der Waals surface area (Å²) in [6.45, 7) is 0. The Hall–Kier alpha value is -1.40. The van der Waals surface area contributed by atoms with Gasteiger partial charge in [-0.05, 0) is 0 Å². The van der Waals surface area contributed by atoms with E-state index in [1.807, 2.05) is 0 Å². The van der Waals surface area contributed by atoms with E-state index in [-0.39, 0.29) is 6.42 Å². The summed E-state index contributed by atoms with van der Waals surface area (Å²) in [5.74, 6) is -1.17. The fourth-order valence-electron chi connectivity index (χ4n) is 0.796. The molecular formula is C6H8N3O3-. The minimum absolute atomic E-state index is 0.110. The maximum Gasteiger partial charge on any atom is 0.320 e. The molecule has 0 aliphatic rings. The molecule has 1 aromatic rings. The van der Waals surface area contributed by atoms with Crippen molar-refractivity contribution < 1.29 is 9.90 Å². The lowest BCUT2D eigenvalue weighted by molar-refractivity contribution is -0.139.